The van der Waals surface area contributed by atoms with E-state index in [1.165, 1.54) is 6.92 Å². The summed E-state index contributed by atoms with van der Waals surface area (Å²) < 4.78 is 0. The van der Waals surface area contributed by atoms with Crippen LogP contribution in [0, 0.1) is 0 Å². The van der Waals surface area contributed by atoms with Crippen molar-refractivity contribution in [2.45, 2.75) is 37.9 Å². The van der Waals surface area contributed by atoms with E-state index in [1.54, 1.807) is 0 Å². The van der Waals surface area contributed by atoms with Crippen molar-refractivity contribution < 1.29 is 34.5 Å². The summed E-state index contributed by atoms with van der Waals surface area (Å²) in [7, 11) is 0. The van der Waals surface area contributed by atoms with Crippen LogP contribution in [-0.2, 0) is 19.2 Å². The second-order valence-corrected chi connectivity index (χ2v) is 4.35. The zero-order valence-electron chi connectivity index (χ0n) is 11.4. The molecular formula is C11H19N3O7. The standard InChI is InChI=1S/C11H19N3O7/c1-5(13-10(19)6(12)4-15)9(18)14-7(11(20)21)2-3-8(16)17/h5-7,15H,2-4,12H2,1H3,(H,13,19)(H,14,18)(H,16,17)(H,20,21)/t5-,6-,7-/m0/s1. The molecule has 120 valence electrons. The Hall–Kier alpha value is -2.20. The minimum atomic E-state index is -1.38. The van der Waals surface area contributed by atoms with Crippen LogP contribution in [0.3, 0.4) is 0 Å². The molecule has 7 N–H and O–H groups in total. The number of carboxylic acids is 2. The van der Waals surface area contributed by atoms with Crippen molar-refractivity contribution in [2.75, 3.05) is 6.61 Å². The molecule has 0 aromatic heterocycles. The smallest absolute Gasteiger partial charge is 0.326 e. The van der Waals surface area contributed by atoms with Crippen LogP contribution in [0.4, 0.5) is 0 Å². The topological polar surface area (TPSA) is 179 Å². The highest BCUT2D eigenvalue weighted by Gasteiger charge is 2.25. The van der Waals surface area contributed by atoms with Gasteiger partial charge in [-0.05, 0) is 13.3 Å². The van der Waals surface area contributed by atoms with E-state index < -0.39 is 54.9 Å². The molecule has 0 fully saturated rings. The summed E-state index contributed by atoms with van der Waals surface area (Å²) >= 11 is 0. The van der Waals surface area contributed by atoms with Crippen molar-refractivity contribution in [1.82, 2.24) is 10.6 Å². The Labute approximate surface area is 120 Å². The van der Waals surface area contributed by atoms with Crippen LogP contribution in [0.2, 0.25) is 0 Å². The molecule has 21 heavy (non-hydrogen) atoms. The first-order valence-electron chi connectivity index (χ1n) is 6.10. The zero-order valence-corrected chi connectivity index (χ0v) is 11.4. The van der Waals surface area contributed by atoms with Crippen LogP contribution < -0.4 is 16.4 Å². The number of aliphatic carboxylic acids is 2. The van der Waals surface area contributed by atoms with Gasteiger partial charge in [0.1, 0.15) is 18.1 Å². The van der Waals surface area contributed by atoms with Crippen molar-refractivity contribution in [1.29, 1.82) is 0 Å². The fourth-order valence-electron chi connectivity index (χ4n) is 1.29. The van der Waals surface area contributed by atoms with Gasteiger partial charge >= 0.3 is 11.9 Å². The summed E-state index contributed by atoms with van der Waals surface area (Å²) in [6, 6.07) is -3.65. The van der Waals surface area contributed by atoms with E-state index in [0.29, 0.717) is 0 Å². The first-order chi connectivity index (χ1) is 9.68. The van der Waals surface area contributed by atoms with E-state index in [-0.39, 0.29) is 6.42 Å². The number of aliphatic hydroxyl groups excluding tert-OH is 1. The maximum atomic E-state index is 11.7. The van der Waals surface area contributed by atoms with Crippen molar-refractivity contribution in [2.24, 2.45) is 5.73 Å². The summed E-state index contributed by atoms with van der Waals surface area (Å²) in [5.41, 5.74) is 5.24. The van der Waals surface area contributed by atoms with Crippen molar-refractivity contribution in [3.8, 4) is 0 Å². The van der Waals surface area contributed by atoms with Gasteiger partial charge in [-0.25, -0.2) is 4.79 Å². The van der Waals surface area contributed by atoms with Gasteiger partial charge in [0.05, 0.1) is 6.61 Å². The van der Waals surface area contributed by atoms with Gasteiger partial charge in [0.25, 0.3) is 0 Å². The molecule has 0 aromatic carbocycles. The maximum absolute atomic E-state index is 11.7. The SMILES string of the molecule is C[C@H](NC(=O)[C@@H](N)CO)C(=O)N[C@@H](CCC(=O)O)C(=O)O. The van der Waals surface area contributed by atoms with E-state index in [0.717, 1.165) is 0 Å². The van der Waals surface area contributed by atoms with E-state index in [1.807, 2.05) is 0 Å². The third kappa shape index (κ3) is 7.22. The Morgan fingerprint density at radius 1 is 1.10 bits per heavy atom. The van der Waals surface area contributed by atoms with Crippen LogP contribution in [0.5, 0.6) is 0 Å². The monoisotopic (exact) mass is 305 g/mol. The lowest BCUT2D eigenvalue weighted by atomic mass is 10.1. The molecular weight excluding hydrogens is 286 g/mol. The van der Waals surface area contributed by atoms with Crippen LogP contribution in [0.25, 0.3) is 0 Å². The van der Waals surface area contributed by atoms with Crippen molar-refractivity contribution in [3.63, 3.8) is 0 Å². The number of nitrogens with one attached hydrogen (secondary N) is 2. The molecule has 10 nitrogen and oxygen atoms in total. The molecule has 0 aliphatic rings. The molecule has 0 saturated heterocycles. The Balaban J connectivity index is 4.50. The molecule has 0 aliphatic heterocycles. The summed E-state index contributed by atoms with van der Waals surface area (Å²) in [5.74, 6) is -4.13. The van der Waals surface area contributed by atoms with Crippen LogP contribution in [0.15, 0.2) is 0 Å². The van der Waals surface area contributed by atoms with E-state index in [4.69, 9.17) is 21.1 Å². The van der Waals surface area contributed by atoms with Crippen molar-refractivity contribution in [3.05, 3.63) is 0 Å². The van der Waals surface area contributed by atoms with E-state index in [9.17, 15) is 19.2 Å². The largest absolute Gasteiger partial charge is 0.481 e. The molecule has 10 heteroatoms. The summed E-state index contributed by atoms with van der Waals surface area (Å²) in [6.45, 7) is 0.698. The highest BCUT2D eigenvalue weighted by Crippen LogP contribution is 1.99. The molecule has 0 spiro atoms. The molecule has 3 atom stereocenters. The predicted octanol–water partition coefficient (Wildman–Crippen LogP) is -2.76. The number of amides is 2. The van der Waals surface area contributed by atoms with E-state index >= 15 is 0 Å². The number of hydrogen-bond donors (Lipinski definition) is 6. The molecule has 0 aliphatic carbocycles. The predicted molar refractivity (Wildman–Crippen MR) is 69.1 cm³/mol. The number of carboxylic acid groups (broad SMARTS) is 2. The second kappa shape index (κ2) is 8.87. The van der Waals surface area contributed by atoms with Crippen LogP contribution in [-0.4, -0.2) is 63.8 Å². The molecule has 0 radical (unpaired) electrons. The van der Waals surface area contributed by atoms with E-state index in [2.05, 4.69) is 10.6 Å². The Morgan fingerprint density at radius 3 is 2.10 bits per heavy atom. The number of aliphatic hydroxyl groups is 1. The lowest BCUT2D eigenvalue weighted by molar-refractivity contribution is -0.143. The van der Waals surface area contributed by atoms with Gasteiger partial charge in [-0.15, -0.1) is 0 Å². The number of carbonyl (C=O) groups is 4. The molecule has 0 aromatic rings. The highest BCUT2D eigenvalue weighted by atomic mass is 16.4. The van der Waals surface area contributed by atoms with Gasteiger partial charge in [0.15, 0.2) is 0 Å². The third-order valence-electron chi connectivity index (χ3n) is 2.55. The number of hydrogen-bond acceptors (Lipinski definition) is 6. The summed E-state index contributed by atoms with van der Waals surface area (Å²) in [5, 5.41) is 30.4. The summed E-state index contributed by atoms with van der Waals surface area (Å²) in [6.07, 6.45) is -0.708. The van der Waals surface area contributed by atoms with Crippen molar-refractivity contribution >= 4 is 23.8 Å². The Bertz CT molecular complexity index is 413. The maximum Gasteiger partial charge on any atom is 0.326 e. The zero-order chi connectivity index (χ0) is 16.6. The molecule has 0 rings (SSSR count). The number of carbonyl (C=O) groups excluding carboxylic acids is 2. The highest BCUT2D eigenvalue weighted by molar-refractivity contribution is 5.91. The van der Waals surface area contributed by atoms with Gasteiger partial charge in [0.2, 0.25) is 11.8 Å². The first kappa shape index (κ1) is 18.8. The lowest BCUT2D eigenvalue weighted by Crippen LogP contribution is -2.53. The minimum absolute atomic E-state index is 0.284. The van der Waals surface area contributed by atoms with Gasteiger partial charge < -0.3 is 31.7 Å². The van der Waals surface area contributed by atoms with Gasteiger partial charge in [-0.1, -0.05) is 0 Å². The normalized spacial score (nSPS) is 14.6. The second-order valence-electron chi connectivity index (χ2n) is 4.35. The first-order valence-corrected chi connectivity index (χ1v) is 6.10. The van der Waals surface area contributed by atoms with Crippen LogP contribution in [0.1, 0.15) is 19.8 Å². The number of rotatable bonds is 9. The fraction of sp³-hybridized carbons (Fsp3) is 0.636. The molecule has 0 bridgehead atoms. The van der Waals surface area contributed by atoms with Gasteiger partial charge in [0, 0.05) is 6.42 Å². The minimum Gasteiger partial charge on any atom is -0.481 e. The quantitative estimate of drug-likeness (QED) is 0.265. The summed E-state index contributed by atoms with van der Waals surface area (Å²) in [4.78, 5) is 44.4. The lowest BCUT2D eigenvalue weighted by Gasteiger charge is -2.19. The molecule has 0 unspecified atom stereocenters. The molecule has 2 amide bonds. The van der Waals surface area contributed by atoms with Gasteiger partial charge in [-0.2, -0.15) is 0 Å². The Kier molecular flexibility index (Phi) is 7.94. The molecule has 0 saturated carbocycles. The average molecular weight is 305 g/mol. The average Bonchev–Trinajstić information content (AvgIpc) is 2.41. The van der Waals surface area contributed by atoms with Gasteiger partial charge in [-0.3, -0.25) is 14.4 Å². The number of nitrogens with two attached hydrogens (primary N) is 1. The fourth-order valence-corrected chi connectivity index (χ4v) is 1.29. The molecule has 0 heterocycles. The Morgan fingerprint density at radius 2 is 1.67 bits per heavy atom. The van der Waals surface area contributed by atoms with Crippen LogP contribution >= 0.6 is 0 Å². The third-order valence-corrected chi connectivity index (χ3v) is 2.55.